The Kier molecular flexibility index (Phi) is 3.40. The summed E-state index contributed by atoms with van der Waals surface area (Å²) in [5.74, 6) is 0.922. The summed E-state index contributed by atoms with van der Waals surface area (Å²) in [6.07, 6.45) is 1.60. The minimum Gasteiger partial charge on any atom is -0.496 e. The van der Waals surface area contributed by atoms with Gasteiger partial charge in [-0.15, -0.1) is 0 Å². The predicted octanol–water partition coefficient (Wildman–Crippen LogP) is 2.46. The van der Waals surface area contributed by atoms with Gasteiger partial charge in [0.2, 0.25) is 0 Å². The van der Waals surface area contributed by atoms with Crippen molar-refractivity contribution in [2.75, 3.05) is 7.11 Å². The largest absolute Gasteiger partial charge is 0.496 e. The highest BCUT2D eigenvalue weighted by Crippen LogP contribution is 2.27. The zero-order valence-corrected chi connectivity index (χ0v) is 11.1. The van der Waals surface area contributed by atoms with Crippen LogP contribution in [0.3, 0.4) is 0 Å². The Labute approximate surface area is 113 Å². The molecule has 0 heterocycles. The van der Waals surface area contributed by atoms with Crippen LogP contribution >= 0.6 is 0 Å². The lowest BCUT2D eigenvalue weighted by Gasteiger charge is -2.32. The van der Waals surface area contributed by atoms with Crippen molar-refractivity contribution in [2.45, 2.75) is 31.5 Å². The van der Waals surface area contributed by atoms with Crippen molar-refractivity contribution in [1.82, 2.24) is 5.32 Å². The minimum absolute atomic E-state index is 0.115. The second-order valence-electron chi connectivity index (χ2n) is 5.21. The normalized spacial score (nSPS) is 22.2. The quantitative estimate of drug-likeness (QED) is 0.884. The van der Waals surface area contributed by atoms with Crippen molar-refractivity contribution < 1.29 is 9.84 Å². The van der Waals surface area contributed by atoms with Gasteiger partial charge in [0.25, 0.3) is 0 Å². The molecule has 0 amide bonds. The minimum atomic E-state index is -0.115. The van der Waals surface area contributed by atoms with Crippen molar-refractivity contribution in [2.24, 2.45) is 0 Å². The molecule has 0 spiro atoms. The van der Waals surface area contributed by atoms with Crippen molar-refractivity contribution in [3.05, 3.63) is 42.0 Å². The number of hydrogen-bond donors (Lipinski definition) is 2. The first kappa shape index (κ1) is 12.5. The summed E-state index contributed by atoms with van der Waals surface area (Å²) in [7, 11) is 1.71. The maximum Gasteiger partial charge on any atom is 0.123 e. The van der Waals surface area contributed by atoms with Gasteiger partial charge in [-0.05, 0) is 35.7 Å². The van der Waals surface area contributed by atoms with Gasteiger partial charge in [-0.3, -0.25) is 0 Å². The Hall–Kier alpha value is -1.58. The molecule has 1 aliphatic rings. The molecular weight excluding hydrogens is 238 g/mol. The van der Waals surface area contributed by atoms with Crippen LogP contribution in [0.4, 0.5) is 0 Å². The Bertz CT molecular complexity index is 576. The van der Waals surface area contributed by atoms with E-state index in [0.29, 0.717) is 6.04 Å². The number of benzene rings is 2. The summed E-state index contributed by atoms with van der Waals surface area (Å²) in [6.45, 7) is 0.783. The second-order valence-corrected chi connectivity index (χ2v) is 5.21. The molecule has 3 nitrogen and oxygen atoms in total. The van der Waals surface area contributed by atoms with Crippen molar-refractivity contribution in [3.63, 3.8) is 0 Å². The van der Waals surface area contributed by atoms with Crippen molar-refractivity contribution in [1.29, 1.82) is 0 Å². The highest BCUT2D eigenvalue weighted by Gasteiger charge is 2.26. The second kappa shape index (κ2) is 5.19. The molecule has 100 valence electrons. The van der Waals surface area contributed by atoms with Gasteiger partial charge in [-0.2, -0.15) is 0 Å². The lowest BCUT2D eigenvalue weighted by Crippen LogP contribution is -2.43. The maximum atomic E-state index is 9.29. The van der Waals surface area contributed by atoms with Crippen LogP contribution in [0.25, 0.3) is 10.8 Å². The Balaban J connectivity index is 1.80. The summed E-state index contributed by atoms with van der Waals surface area (Å²) in [4.78, 5) is 0. The molecule has 2 N–H and O–H groups in total. The lowest BCUT2D eigenvalue weighted by molar-refractivity contribution is 0.0618. The number of methoxy groups -OCH3 is 1. The van der Waals surface area contributed by atoms with Crippen LogP contribution in [0, 0.1) is 0 Å². The highest BCUT2D eigenvalue weighted by molar-refractivity contribution is 5.85. The monoisotopic (exact) mass is 257 g/mol. The van der Waals surface area contributed by atoms with Crippen LogP contribution in [0.1, 0.15) is 18.4 Å². The van der Waals surface area contributed by atoms with Crippen LogP contribution < -0.4 is 10.1 Å². The number of aliphatic hydroxyl groups excluding tert-OH is 1. The van der Waals surface area contributed by atoms with E-state index in [4.69, 9.17) is 4.74 Å². The summed E-state index contributed by atoms with van der Waals surface area (Å²) in [5.41, 5.74) is 1.17. The molecule has 3 heteroatoms. The Morgan fingerprint density at radius 1 is 1.21 bits per heavy atom. The van der Waals surface area contributed by atoms with Crippen LogP contribution in [-0.4, -0.2) is 24.4 Å². The molecule has 0 atom stereocenters. The SMILES string of the molecule is COc1cc2ccccc2cc1CNC1CC(O)C1. The number of fused-ring (bicyclic) bond motifs is 1. The third kappa shape index (κ3) is 2.57. The molecule has 1 saturated carbocycles. The number of ether oxygens (including phenoxy) is 1. The topological polar surface area (TPSA) is 41.5 Å². The first-order valence-corrected chi connectivity index (χ1v) is 6.73. The molecule has 0 aromatic heterocycles. The summed E-state index contributed by atoms with van der Waals surface area (Å²) < 4.78 is 5.47. The molecule has 0 aliphatic heterocycles. The standard InChI is InChI=1S/C16H19NO2/c1-19-16-7-12-5-3-2-4-11(12)6-13(16)10-17-14-8-15(18)9-14/h2-7,14-15,17-18H,8-10H2,1H3. The number of nitrogens with one attached hydrogen (secondary N) is 1. The van der Waals surface area contributed by atoms with E-state index in [-0.39, 0.29) is 6.10 Å². The Morgan fingerprint density at radius 3 is 2.53 bits per heavy atom. The molecule has 0 radical (unpaired) electrons. The fraction of sp³-hybridized carbons (Fsp3) is 0.375. The van der Waals surface area contributed by atoms with Gasteiger partial charge in [0.05, 0.1) is 13.2 Å². The highest BCUT2D eigenvalue weighted by atomic mass is 16.5. The van der Waals surface area contributed by atoms with Gasteiger partial charge in [0.1, 0.15) is 5.75 Å². The Morgan fingerprint density at radius 2 is 1.89 bits per heavy atom. The summed E-state index contributed by atoms with van der Waals surface area (Å²) >= 11 is 0. The summed E-state index contributed by atoms with van der Waals surface area (Å²) in [5, 5.41) is 15.2. The number of aliphatic hydroxyl groups is 1. The van der Waals surface area contributed by atoms with E-state index in [2.05, 4.69) is 29.6 Å². The maximum absolute atomic E-state index is 9.29. The van der Waals surface area contributed by atoms with Crippen molar-refractivity contribution in [3.8, 4) is 5.75 Å². The molecule has 1 fully saturated rings. The van der Waals surface area contributed by atoms with Crippen LogP contribution in [0.2, 0.25) is 0 Å². The molecule has 1 aliphatic carbocycles. The molecule has 3 rings (SSSR count). The zero-order chi connectivity index (χ0) is 13.2. The van der Waals surface area contributed by atoms with Gasteiger partial charge < -0.3 is 15.2 Å². The van der Waals surface area contributed by atoms with E-state index in [1.807, 2.05) is 12.1 Å². The smallest absolute Gasteiger partial charge is 0.123 e. The van der Waals surface area contributed by atoms with E-state index >= 15 is 0 Å². The predicted molar refractivity (Wildman–Crippen MR) is 76.4 cm³/mol. The van der Waals surface area contributed by atoms with Crippen LogP contribution in [0.15, 0.2) is 36.4 Å². The summed E-state index contributed by atoms with van der Waals surface area (Å²) in [6, 6.07) is 13.0. The third-order valence-electron chi connectivity index (χ3n) is 3.84. The van der Waals surface area contributed by atoms with E-state index in [1.54, 1.807) is 7.11 Å². The zero-order valence-electron chi connectivity index (χ0n) is 11.1. The van der Waals surface area contributed by atoms with Gasteiger partial charge in [0, 0.05) is 18.2 Å². The molecular formula is C16H19NO2. The average molecular weight is 257 g/mol. The fourth-order valence-electron chi connectivity index (χ4n) is 2.60. The molecule has 0 bridgehead atoms. The average Bonchev–Trinajstić information content (AvgIpc) is 2.41. The van der Waals surface area contributed by atoms with Crippen LogP contribution in [-0.2, 0) is 6.54 Å². The molecule has 0 saturated heterocycles. The van der Waals surface area contributed by atoms with E-state index in [0.717, 1.165) is 25.1 Å². The molecule has 19 heavy (non-hydrogen) atoms. The van der Waals surface area contributed by atoms with Gasteiger partial charge in [0.15, 0.2) is 0 Å². The van der Waals surface area contributed by atoms with Gasteiger partial charge >= 0.3 is 0 Å². The molecule has 2 aromatic carbocycles. The molecule has 2 aromatic rings. The molecule has 0 unspecified atom stereocenters. The fourth-order valence-corrected chi connectivity index (χ4v) is 2.60. The first-order chi connectivity index (χ1) is 9.26. The van der Waals surface area contributed by atoms with E-state index in [1.165, 1.54) is 16.3 Å². The van der Waals surface area contributed by atoms with Gasteiger partial charge in [-0.25, -0.2) is 0 Å². The van der Waals surface area contributed by atoms with E-state index < -0.39 is 0 Å². The van der Waals surface area contributed by atoms with Crippen LogP contribution in [0.5, 0.6) is 5.75 Å². The third-order valence-corrected chi connectivity index (χ3v) is 3.84. The number of hydrogen-bond acceptors (Lipinski definition) is 3. The van der Waals surface area contributed by atoms with Gasteiger partial charge in [-0.1, -0.05) is 24.3 Å². The number of rotatable bonds is 4. The first-order valence-electron chi connectivity index (χ1n) is 6.73. The lowest BCUT2D eigenvalue weighted by atomic mass is 9.89. The van der Waals surface area contributed by atoms with Crippen molar-refractivity contribution >= 4 is 10.8 Å². The van der Waals surface area contributed by atoms with E-state index in [9.17, 15) is 5.11 Å².